The molecule has 0 aliphatic carbocycles. The Labute approximate surface area is 124 Å². The molecule has 0 atom stereocenters. The SMILES string of the molecule is CCCCCCC(=O)N(CC(=O)O)c1ccc(Cl)cc1. The highest BCUT2D eigenvalue weighted by atomic mass is 35.5. The summed E-state index contributed by atoms with van der Waals surface area (Å²) < 4.78 is 0. The van der Waals surface area contributed by atoms with Crippen LogP contribution in [0.5, 0.6) is 0 Å². The molecule has 0 radical (unpaired) electrons. The van der Waals surface area contributed by atoms with Crippen LogP contribution in [0.1, 0.15) is 39.0 Å². The Kier molecular flexibility index (Phi) is 7.09. The quantitative estimate of drug-likeness (QED) is 0.744. The number of halogens is 1. The van der Waals surface area contributed by atoms with E-state index in [1.165, 1.54) is 4.90 Å². The van der Waals surface area contributed by atoms with Crippen molar-refractivity contribution in [3.8, 4) is 0 Å². The molecule has 0 saturated heterocycles. The van der Waals surface area contributed by atoms with Crippen LogP contribution in [0.3, 0.4) is 0 Å². The van der Waals surface area contributed by atoms with Crippen LogP contribution in [-0.4, -0.2) is 23.5 Å². The molecule has 1 amide bonds. The fourth-order valence-corrected chi connectivity index (χ4v) is 2.04. The van der Waals surface area contributed by atoms with Gasteiger partial charge in [-0.05, 0) is 30.7 Å². The Hall–Kier alpha value is -1.55. The van der Waals surface area contributed by atoms with Crippen molar-refractivity contribution in [2.24, 2.45) is 0 Å². The summed E-state index contributed by atoms with van der Waals surface area (Å²) in [6, 6.07) is 6.62. The van der Waals surface area contributed by atoms with Crippen LogP contribution in [0, 0.1) is 0 Å². The molecule has 0 aromatic heterocycles. The molecule has 110 valence electrons. The Morgan fingerprint density at radius 1 is 1.15 bits per heavy atom. The van der Waals surface area contributed by atoms with Gasteiger partial charge in [0.1, 0.15) is 6.54 Å². The molecule has 0 saturated carbocycles. The van der Waals surface area contributed by atoms with Crippen LogP contribution < -0.4 is 4.90 Å². The zero-order valence-electron chi connectivity index (χ0n) is 11.6. The molecule has 4 nitrogen and oxygen atoms in total. The number of nitrogens with zero attached hydrogens (tertiary/aromatic N) is 1. The van der Waals surface area contributed by atoms with Crippen molar-refractivity contribution in [2.75, 3.05) is 11.4 Å². The van der Waals surface area contributed by atoms with Crippen molar-refractivity contribution < 1.29 is 14.7 Å². The second-order valence-corrected chi connectivity index (χ2v) is 5.10. The second kappa shape index (κ2) is 8.59. The highest BCUT2D eigenvalue weighted by Crippen LogP contribution is 2.19. The summed E-state index contributed by atoms with van der Waals surface area (Å²) in [5.74, 6) is -1.19. The predicted molar refractivity (Wildman–Crippen MR) is 80.2 cm³/mol. The largest absolute Gasteiger partial charge is 0.480 e. The number of carbonyl (C=O) groups excluding carboxylic acids is 1. The predicted octanol–water partition coefficient (Wildman–Crippen LogP) is 3.73. The van der Waals surface area contributed by atoms with E-state index in [2.05, 4.69) is 6.92 Å². The molecule has 0 spiro atoms. The van der Waals surface area contributed by atoms with Crippen molar-refractivity contribution in [3.05, 3.63) is 29.3 Å². The van der Waals surface area contributed by atoms with Gasteiger partial charge in [-0.2, -0.15) is 0 Å². The summed E-state index contributed by atoms with van der Waals surface area (Å²) in [7, 11) is 0. The molecule has 5 heteroatoms. The van der Waals surface area contributed by atoms with E-state index in [0.29, 0.717) is 17.1 Å². The van der Waals surface area contributed by atoms with Crippen molar-refractivity contribution in [3.63, 3.8) is 0 Å². The van der Waals surface area contributed by atoms with Crippen molar-refractivity contribution in [2.45, 2.75) is 39.0 Å². The summed E-state index contributed by atoms with van der Waals surface area (Å²) >= 11 is 5.80. The second-order valence-electron chi connectivity index (χ2n) is 4.66. The Bertz CT molecular complexity index is 445. The fraction of sp³-hybridized carbons (Fsp3) is 0.467. The van der Waals surface area contributed by atoms with Gasteiger partial charge in [-0.1, -0.05) is 37.8 Å². The Morgan fingerprint density at radius 3 is 2.35 bits per heavy atom. The van der Waals surface area contributed by atoms with Gasteiger partial charge in [-0.15, -0.1) is 0 Å². The zero-order valence-corrected chi connectivity index (χ0v) is 12.4. The molecule has 1 aromatic carbocycles. The molecule has 0 heterocycles. The molecule has 1 N–H and O–H groups in total. The smallest absolute Gasteiger partial charge is 0.323 e. The molecule has 1 rings (SSSR count). The lowest BCUT2D eigenvalue weighted by molar-refractivity contribution is -0.136. The maximum absolute atomic E-state index is 12.2. The number of benzene rings is 1. The molecular weight excluding hydrogens is 278 g/mol. The Morgan fingerprint density at radius 2 is 1.80 bits per heavy atom. The highest BCUT2D eigenvalue weighted by molar-refractivity contribution is 6.30. The first-order valence-electron chi connectivity index (χ1n) is 6.82. The maximum Gasteiger partial charge on any atom is 0.323 e. The van der Waals surface area contributed by atoms with E-state index >= 15 is 0 Å². The third-order valence-electron chi connectivity index (χ3n) is 2.98. The zero-order chi connectivity index (χ0) is 15.0. The Balaban J connectivity index is 2.70. The topological polar surface area (TPSA) is 57.6 Å². The molecule has 0 unspecified atom stereocenters. The van der Waals surface area contributed by atoms with Gasteiger partial charge in [0.15, 0.2) is 0 Å². The third-order valence-corrected chi connectivity index (χ3v) is 3.23. The lowest BCUT2D eigenvalue weighted by Gasteiger charge is -2.21. The first-order chi connectivity index (χ1) is 9.54. The average molecular weight is 298 g/mol. The third kappa shape index (κ3) is 5.61. The number of rotatable bonds is 8. The van der Waals surface area contributed by atoms with Crippen LogP contribution in [0.4, 0.5) is 5.69 Å². The number of amides is 1. The summed E-state index contributed by atoms with van der Waals surface area (Å²) in [5, 5.41) is 9.49. The summed E-state index contributed by atoms with van der Waals surface area (Å²) in [4.78, 5) is 24.4. The summed E-state index contributed by atoms with van der Waals surface area (Å²) in [6.45, 7) is 1.78. The molecule has 0 bridgehead atoms. The number of carboxylic acids is 1. The number of anilines is 1. The maximum atomic E-state index is 12.2. The van der Waals surface area contributed by atoms with E-state index in [1.54, 1.807) is 24.3 Å². The van der Waals surface area contributed by atoms with Crippen LogP contribution in [0.15, 0.2) is 24.3 Å². The monoisotopic (exact) mass is 297 g/mol. The number of unbranched alkanes of at least 4 members (excludes halogenated alkanes) is 3. The fourth-order valence-electron chi connectivity index (χ4n) is 1.92. The van der Waals surface area contributed by atoms with Crippen LogP contribution in [-0.2, 0) is 9.59 Å². The van der Waals surface area contributed by atoms with Gasteiger partial charge in [0, 0.05) is 17.1 Å². The lowest BCUT2D eigenvalue weighted by Crippen LogP contribution is -2.35. The normalized spacial score (nSPS) is 10.3. The van der Waals surface area contributed by atoms with Gasteiger partial charge in [0.05, 0.1) is 0 Å². The van der Waals surface area contributed by atoms with Gasteiger partial charge in [0.2, 0.25) is 5.91 Å². The van der Waals surface area contributed by atoms with Gasteiger partial charge in [-0.3, -0.25) is 9.59 Å². The first kappa shape index (κ1) is 16.5. The number of aliphatic carboxylic acids is 1. The molecule has 0 fully saturated rings. The molecule has 1 aromatic rings. The molecular formula is C15H20ClNO3. The van der Waals surface area contributed by atoms with Crippen molar-refractivity contribution in [1.29, 1.82) is 0 Å². The van der Waals surface area contributed by atoms with Crippen molar-refractivity contribution >= 4 is 29.2 Å². The molecule has 20 heavy (non-hydrogen) atoms. The molecule has 0 aliphatic rings. The van der Waals surface area contributed by atoms with Gasteiger partial charge < -0.3 is 10.0 Å². The molecule has 0 aliphatic heterocycles. The lowest BCUT2D eigenvalue weighted by atomic mass is 10.1. The van der Waals surface area contributed by atoms with Gasteiger partial charge in [0.25, 0.3) is 0 Å². The van der Waals surface area contributed by atoms with Gasteiger partial charge >= 0.3 is 5.97 Å². The van der Waals surface area contributed by atoms with E-state index in [4.69, 9.17) is 16.7 Å². The first-order valence-corrected chi connectivity index (χ1v) is 7.20. The van der Waals surface area contributed by atoms with Crippen molar-refractivity contribution in [1.82, 2.24) is 0 Å². The number of carbonyl (C=O) groups is 2. The summed E-state index contributed by atoms with van der Waals surface area (Å²) in [5.41, 5.74) is 0.567. The van der Waals surface area contributed by atoms with E-state index in [-0.39, 0.29) is 12.5 Å². The summed E-state index contributed by atoms with van der Waals surface area (Å²) in [6.07, 6.45) is 4.34. The minimum atomic E-state index is -1.03. The van der Waals surface area contributed by atoms with Gasteiger partial charge in [-0.25, -0.2) is 0 Å². The van der Waals surface area contributed by atoms with E-state index in [1.807, 2.05) is 0 Å². The van der Waals surface area contributed by atoms with Crippen LogP contribution in [0.2, 0.25) is 5.02 Å². The average Bonchev–Trinajstić information content (AvgIpc) is 2.42. The van der Waals surface area contributed by atoms with E-state index in [9.17, 15) is 9.59 Å². The van der Waals surface area contributed by atoms with E-state index < -0.39 is 5.97 Å². The van der Waals surface area contributed by atoms with Crippen LogP contribution >= 0.6 is 11.6 Å². The van der Waals surface area contributed by atoms with E-state index in [0.717, 1.165) is 25.7 Å². The minimum absolute atomic E-state index is 0.161. The minimum Gasteiger partial charge on any atom is -0.480 e. The number of hydrogen-bond acceptors (Lipinski definition) is 2. The number of hydrogen-bond donors (Lipinski definition) is 1. The van der Waals surface area contributed by atoms with Crippen LogP contribution in [0.25, 0.3) is 0 Å². The standard InChI is InChI=1S/C15H20ClNO3/c1-2-3-4-5-6-14(18)17(11-15(19)20)13-9-7-12(16)8-10-13/h7-10H,2-6,11H2,1H3,(H,19,20). The number of carboxylic acid groups (broad SMARTS) is 1. The highest BCUT2D eigenvalue weighted by Gasteiger charge is 2.18.